The van der Waals surface area contributed by atoms with Crippen molar-refractivity contribution in [2.45, 2.75) is 19.9 Å². The van der Waals surface area contributed by atoms with E-state index >= 15 is 0 Å². The zero-order chi connectivity index (χ0) is 14.7. The Balaban J connectivity index is 2.15. The fourth-order valence-corrected chi connectivity index (χ4v) is 1.77. The molecule has 1 atom stereocenters. The molecule has 1 heterocycles. The molecule has 1 aromatic carbocycles. The largest absolute Gasteiger partial charge is 0.497 e. The Morgan fingerprint density at radius 3 is 2.85 bits per heavy atom. The predicted molar refractivity (Wildman–Crippen MR) is 74.5 cm³/mol. The summed E-state index contributed by atoms with van der Waals surface area (Å²) < 4.78 is 10.5. The van der Waals surface area contributed by atoms with E-state index in [4.69, 9.17) is 14.9 Å². The average molecular weight is 275 g/mol. The van der Waals surface area contributed by atoms with Gasteiger partial charge in [0, 0.05) is 5.69 Å². The van der Waals surface area contributed by atoms with Gasteiger partial charge in [-0.15, -0.1) is 0 Å². The Morgan fingerprint density at radius 1 is 1.50 bits per heavy atom. The quantitative estimate of drug-likeness (QED) is 0.833. The zero-order valence-corrected chi connectivity index (χ0v) is 11.6. The Morgan fingerprint density at radius 2 is 2.25 bits per heavy atom. The summed E-state index contributed by atoms with van der Waals surface area (Å²) in [7, 11) is 1.53. The van der Waals surface area contributed by atoms with Gasteiger partial charge in [0.2, 0.25) is 5.89 Å². The SMILES string of the molecule is COc1ccc(N)c(C(=O)NC(C)c2ncc(C)o2)c1. The van der Waals surface area contributed by atoms with Gasteiger partial charge in [-0.25, -0.2) is 4.98 Å². The molecule has 0 fully saturated rings. The number of methoxy groups -OCH3 is 1. The number of hydrogen-bond donors (Lipinski definition) is 2. The van der Waals surface area contributed by atoms with Gasteiger partial charge in [0.15, 0.2) is 0 Å². The van der Waals surface area contributed by atoms with Crippen molar-refractivity contribution in [2.75, 3.05) is 12.8 Å². The van der Waals surface area contributed by atoms with E-state index in [1.165, 1.54) is 7.11 Å². The van der Waals surface area contributed by atoms with Crippen LogP contribution in [0.2, 0.25) is 0 Å². The lowest BCUT2D eigenvalue weighted by atomic mass is 10.1. The van der Waals surface area contributed by atoms with E-state index in [0.717, 1.165) is 0 Å². The molecule has 0 saturated heterocycles. The number of rotatable bonds is 4. The lowest BCUT2D eigenvalue weighted by Gasteiger charge is -2.12. The first kappa shape index (κ1) is 13.9. The molecule has 6 nitrogen and oxygen atoms in total. The van der Waals surface area contributed by atoms with Crippen molar-refractivity contribution < 1.29 is 13.9 Å². The second-order valence-electron chi connectivity index (χ2n) is 4.46. The van der Waals surface area contributed by atoms with E-state index in [1.54, 1.807) is 38.2 Å². The van der Waals surface area contributed by atoms with Crippen LogP contribution in [-0.2, 0) is 0 Å². The van der Waals surface area contributed by atoms with Gasteiger partial charge in [0.05, 0.1) is 18.9 Å². The van der Waals surface area contributed by atoms with Crippen LogP contribution in [0.25, 0.3) is 0 Å². The predicted octanol–water partition coefficient (Wildman–Crippen LogP) is 2.06. The second-order valence-corrected chi connectivity index (χ2v) is 4.46. The second kappa shape index (κ2) is 5.64. The minimum Gasteiger partial charge on any atom is -0.497 e. The maximum Gasteiger partial charge on any atom is 0.254 e. The van der Waals surface area contributed by atoms with Crippen molar-refractivity contribution in [1.29, 1.82) is 0 Å². The fraction of sp³-hybridized carbons (Fsp3) is 0.286. The highest BCUT2D eigenvalue weighted by molar-refractivity contribution is 5.99. The monoisotopic (exact) mass is 275 g/mol. The molecule has 0 saturated carbocycles. The molecule has 0 spiro atoms. The minimum absolute atomic E-state index is 0.301. The smallest absolute Gasteiger partial charge is 0.254 e. The number of hydrogen-bond acceptors (Lipinski definition) is 5. The molecule has 1 aromatic heterocycles. The van der Waals surface area contributed by atoms with Crippen LogP contribution in [0.5, 0.6) is 5.75 Å². The number of anilines is 1. The third-order valence-corrected chi connectivity index (χ3v) is 2.86. The molecule has 0 aliphatic carbocycles. The van der Waals surface area contributed by atoms with Gasteiger partial charge in [-0.1, -0.05) is 0 Å². The number of amides is 1. The zero-order valence-electron chi connectivity index (χ0n) is 11.6. The maximum absolute atomic E-state index is 12.2. The summed E-state index contributed by atoms with van der Waals surface area (Å²) >= 11 is 0. The highest BCUT2D eigenvalue weighted by atomic mass is 16.5. The number of carbonyl (C=O) groups is 1. The van der Waals surface area contributed by atoms with Crippen LogP contribution in [0.15, 0.2) is 28.8 Å². The number of nitrogen functional groups attached to an aromatic ring is 1. The van der Waals surface area contributed by atoms with Gasteiger partial charge in [0.1, 0.15) is 17.6 Å². The highest BCUT2D eigenvalue weighted by Crippen LogP contribution is 2.20. The summed E-state index contributed by atoms with van der Waals surface area (Å²) in [5.41, 5.74) is 6.56. The molecule has 1 amide bonds. The van der Waals surface area contributed by atoms with Crippen molar-refractivity contribution in [1.82, 2.24) is 10.3 Å². The molecule has 20 heavy (non-hydrogen) atoms. The van der Waals surface area contributed by atoms with Crippen molar-refractivity contribution >= 4 is 11.6 Å². The molecule has 0 aliphatic rings. The van der Waals surface area contributed by atoms with Gasteiger partial charge >= 0.3 is 0 Å². The summed E-state index contributed by atoms with van der Waals surface area (Å²) in [6.07, 6.45) is 1.61. The van der Waals surface area contributed by atoms with E-state index in [1.807, 2.05) is 0 Å². The Labute approximate surface area is 116 Å². The average Bonchev–Trinajstić information content (AvgIpc) is 2.86. The van der Waals surface area contributed by atoms with E-state index in [2.05, 4.69) is 10.3 Å². The lowest BCUT2D eigenvalue weighted by Crippen LogP contribution is -2.27. The minimum atomic E-state index is -0.346. The number of nitrogens with zero attached hydrogens (tertiary/aromatic N) is 1. The number of benzene rings is 1. The van der Waals surface area contributed by atoms with Crippen molar-refractivity contribution in [3.8, 4) is 5.75 Å². The van der Waals surface area contributed by atoms with Crippen LogP contribution in [0.4, 0.5) is 5.69 Å². The van der Waals surface area contributed by atoms with Crippen LogP contribution in [0.3, 0.4) is 0 Å². The first-order valence-electron chi connectivity index (χ1n) is 6.18. The standard InChI is InChI=1S/C14H17N3O3/c1-8-7-16-14(20-8)9(2)17-13(18)11-6-10(19-3)4-5-12(11)15/h4-7,9H,15H2,1-3H3,(H,17,18). The number of nitrogens with one attached hydrogen (secondary N) is 1. The van der Waals surface area contributed by atoms with Crippen LogP contribution >= 0.6 is 0 Å². The molecular weight excluding hydrogens is 258 g/mol. The maximum atomic E-state index is 12.2. The lowest BCUT2D eigenvalue weighted by molar-refractivity contribution is 0.0934. The van der Waals surface area contributed by atoms with Gasteiger partial charge in [-0.2, -0.15) is 0 Å². The number of carbonyl (C=O) groups excluding carboxylic acids is 1. The molecule has 6 heteroatoms. The normalized spacial score (nSPS) is 11.9. The van der Waals surface area contributed by atoms with Crippen LogP contribution in [-0.4, -0.2) is 18.0 Å². The summed E-state index contributed by atoms with van der Waals surface area (Å²) in [5, 5.41) is 2.79. The molecule has 0 radical (unpaired) electrons. The Bertz CT molecular complexity index is 622. The summed E-state index contributed by atoms with van der Waals surface area (Å²) in [6, 6.07) is 4.58. The molecule has 106 valence electrons. The molecule has 3 N–H and O–H groups in total. The third kappa shape index (κ3) is 2.90. The molecule has 2 aromatic rings. The van der Waals surface area contributed by atoms with Gasteiger partial charge in [-0.3, -0.25) is 4.79 Å². The van der Waals surface area contributed by atoms with Gasteiger partial charge in [-0.05, 0) is 32.0 Å². The molecule has 0 bridgehead atoms. The molecule has 2 rings (SSSR count). The topological polar surface area (TPSA) is 90.4 Å². The fourth-order valence-electron chi connectivity index (χ4n) is 1.77. The van der Waals surface area contributed by atoms with E-state index in [-0.39, 0.29) is 11.9 Å². The van der Waals surface area contributed by atoms with Crippen molar-refractivity contribution in [2.24, 2.45) is 0 Å². The Kier molecular flexibility index (Phi) is 3.93. The Hall–Kier alpha value is -2.50. The number of aromatic nitrogens is 1. The molecule has 1 unspecified atom stereocenters. The summed E-state index contributed by atoms with van der Waals surface area (Å²) in [4.78, 5) is 16.3. The number of aryl methyl sites for hydroxylation is 1. The number of ether oxygens (including phenoxy) is 1. The number of oxazole rings is 1. The van der Waals surface area contributed by atoms with Gasteiger partial charge < -0.3 is 20.2 Å². The molecular formula is C14H17N3O3. The van der Waals surface area contributed by atoms with E-state index in [0.29, 0.717) is 28.7 Å². The van der Waals surface area contributed by atoms with Crippen LogP contribution < -0.4 is 15.8 Å². The third-order valence-electron chi connectivity index (χ3n) is 2.86. The van der Waals surface area contributed by atoms with E-state index < -0.39 is 0 Å². The van der Waals surface area contributed by atoms with Crippen molar-refractivity contribution in [3.63, 3.8) is 0 Å². The first-order chi connectivity index (χ1) is 9.51. The first-order valence-corrected chi connectivity index (χ1v) is 6.18. The highest BCUT2D eigenvalue weighted by Gasteiger charge is 2.17. The van der Waals surface area contributed by atoms with Crippen LogP contribution in [0, 0.1) is 6.92 Å². The number of nitrogens with two attached hydrogens (primary N) is 1. The van der Waals surface area contributed by atoms with Gasteiger partial charge in [0.25, 0.3) is 5.91 Å². The summed E-state index contributed by atoms with van der Waals surface area (Å²) in [6.45, 7) is 3.59. The molecule has 0 aliphatic heterocycles. The van der Waals surface area contributed by atoms with Crippen LogP contribution in [0.1, 0.15) is 35.0 Å². The van der Waals surface area contributed by atoms with Crippen molar-refractivity contribution in [3.05, 3.63) is 41.6 Å². The van der Waals surface area contributed by atoms with E-state index in [9.17, 15) is 4.79 Å². The summed E-state index contributed by atoms with van der Waals surface area (Å²) in [5.74, 6) is 1.42.